The largest absolute Gasteiger partial charge is 0.368 e. The first-order valence-electron chi connectivity index (χ1n) is 3.55. The minimum Gasteiger partial charge on any atom is -0.368 e. The smallest absolute Gasteiger partial charge is 0.222 e. The van der Waals surface area contributed by atoms with Gasteiger partial charge in [-0.2, -0.15) is 10.1 Å². The molecule has 0 aromatic carbocycles. The maximum atomic E-state index is 13.1. The fourth-order valence-electron chi connectivity index (χ4n) is 0.926. The molecular weight excluding hydrogens is 173 g/mol. The van der Waals surface area contributed by atoms with Gasteiger partial charge in [0.2, 0.25) is 5.95 Å². The van der Waals surface area contributed by atoms with E-state index in [1.807, 2.05) is 0 Å². The van der Waals surface area contributed by atoms with Crippen LogP contribution >= 0.6 is 0 Å². The summed E-state index contributed by atoms with van der Waals surface area (Å²) in [4.78, 5) is 7.21. The van der Waals surface area contributed by atoms with Crippen molar-refractivity contribution < 1.29 is 4.39 Å². The van der Waals surface area contributed by atoms with Crippen LogP contribution in [0, 0.1) is 5.82 Å². The molecular formula is C7H6FN5. The van der Waals surface area contributed by atoms with E-state index >= 15 is 0 Å². The number of halogens is 1. The molecule has 6 heteroatoms. The summed E-state index contributed by atoms with van der Waals surface area (Å²) in [6.07, 6.45) is 4.11. The Morgan fingerprint density at radius 3 is 3.00 bits per heavy atom. The Bertz CT molecular complexity index is 411. The van der Waals surface area contributed by atoms with Crippen LogP contribution in [0.1, 0.15) is 0 Å². The number of nitrogens with two attached hydrogens (primary N) is 1. The average molecular weight is 179 g/mol. The van der Waals surface area contributed by atoms with Crippen molar-refractivity contribution in [2.45, 2.75) is 0 Å². The highest BCUT2D eigenvalue weighted by molar-refractivity contribution is 5.28. The van der Waals surface area contributed by atoms with Gasteiger partial charge in [0, 0.05) is 12.4 Å². The van der Waals surface area contributed by atoms with E-state index in [-0.39, 0.29) is 11.8 Å². The number of rotatable bonds is 1. The topological polar surface area (TPSA) is 69.6 Å². The predicted octanol–water partition coefficient (Wildman–Crippen LogP) is 0.384. The molecule has 0 fully saturated rings. The summed E-state index contributed by atoms with van der Waals surface area (Å²) >= 11 is 0. The van der Waals surface area contributed by atoms with E-state index in [1.165, 1.54) is 10.9 Å². The van der Waals surface area contributed by atoms with Crippen molar-refractivity contribution in [3.8, 4) is 5.82 Å². The third-order valence-corrected chi connectivity index (χ3v) is 1.47. The first-order chi connectivity index (χ1) is 6.27. The predicted molar refractivity (Wildman–Crippen MR) is 43.5 cm³/mol. The van der Waals surface area contributed by atoms with E-state index in [4.69, 9.17) is 5.73 Å². The summed E-state index contributed by atoms with van der Waals surface area (Å²) in [5.74, 6) is -0.484. The minimum atomic E-state index is -0.558. The summed E-state index contributed by atoms with van der Waals surface area (Å²) in [6.45, 7) is 0. The molecule has 0 aliphatic carbocycles. The fraction of sp³-hybridized carbons (Fsp3) is 0. The highest BCUT2D eigenvalue weighted by Gasteiger charge is 2.06. The number of aromatic nitrogens is 4. The number of hydrogen-bond acceptors (Lipinski definition) is 4. The maximum Gasteiger partial charge on any atom is 0.222 e. The van der Waals surface area contributed by atoms with Crippen molar-refractivity contribution in [1.29, 1.82) is 0 Å². The normalized spacial score (nSPS) is 10.2. The molecule has 2 aromatic heterocycles. The van der Waals surface area contributed by atoms with Crippen LogP contribution < -0.4 is 5.73 Å². The van der Waals surface area contributed by atoms with Gasteiger partial charge < -0.3 is 5.73 Å². The third-order valence-electron chi connectivity index (χ3n) is 1.47. The minimum absolute atomic E-state index is 0.0203. The zero-order chi connectivity index (χ0) is 9.26. The Hall–Kier alpha value is -1.98. The summed E-state index contributed by atoms with van der Waals surface area (Å²) in [5.41, 5.74) is 5.30. The lowest BCUT2D eigenvalue weighted by Gasteiger charge is -2.01. The second-order valence-electron chi connectivity index (χ2n) is 2.35. The standard InChI is InChI=1S/C7H6FN5/c8-5-4-10-7(9)12-6(5)13-3-1-2-11-13/h1-4H,(H2,9,10,12). The van der Waals surface area contributed by atoms with Crippen molar-refractivity contribution in [2.24, 2.45) is 0 Å². The first-order valence-corrected chi connectivity index (χ1v) is 3.55. The molecule has 66 valence electrons. The molecule has 2 rings (SSSR count). The highest BCUT2D eigenvalue weighted by atomic mass is 19.1. The molecule has 5 nitrogen and oxygen atoms in total. The van der Waals surface area contributed by atoms with E-state index in [9.17, 15) is 4.39 Å². The summed E-state index contributed by atoms with van der Waals surface area (Å²) in [6, 6.07) is 1.66. The monoisotopic (exact) mass is 179 g/mol. The molecule has 0 atom stereocenters. The van der Waals surface area contributed by atoms with Crippen LogP contribution in [-0.2, 0) is 0 Å². The van der Waals surface area contributed by atoms with Crippen LogP contribution in [0.3, 0.4) is 0 Å². The molecule has 2 aromatic rings. The van der Waals surface area contributed by atoms with Gasteiger partial charge >= 0.3 is 0 Å². The molecule has 0 spiro atoms. The van der Waals surface area contributed by atoms with Gasteiger partial charge in [-0.05, 0) is 6.07 Å². The summed E-state index contributed by atoms with van der Waals surface area (Å²) in [5, 5.41) is 3.82. The van der Waals surface area contributed by atoms with Crippen molar-refractivity contribution in [2.75, 3.05) is 5.73 Å². The van der Waals surface area contributed by atoms with E-state index in [0.717, 1.165) is 6.20 Å². The Morgan fingerprint density at radius 1 is 1.46 bits per heavy atom. The molecule has 2 N–H and O–H groups in total. The molecule has 0 amide bonds. The number of hydrogen-bond donors (Lipinski definition) is 1. The molecule has 0 radical (unpaired) electrons. The van der Waals surface area contributed by atoms with Crippen molar-refractivity contribution in [1.82, 2.24) is 19.7 Å². The lowest BCUT2D eigenvalue weighted by Crippen LogP contribution is -2.05. The lowest BCUT2D eigenvalue weighted by atomic mass is 10.5. The lowest BCUT2D eigenvalue weighted by molar-refractivity contribution is 0.594. The molecule has 2 heterocycles. The molecule has 0 bridgehead atoms. The van der Waals surface area contributed by atoms with E-state index in [1.54, 1.807) is 12.3 Å². The van der Waals surface area contributed by atoms with Crippen molar-refractivity contribution in [3.63, 3.8) is 0 Å². The van der Waals surface area contributed by atoms with Gasteiger partial charge in [0.25, 0.3) is 0 Å². The highest BCUT2D eigenvalue weighted by Crippen LogP contribution is 2.08. The van der Waals surface area contributed by atoms with Crippen LogP contribution in [0.15, 0.2) is 24.7 Å². The van der Waals surface area contributed by atoms with Crippen molar-refractivity contribution >= 4 is 5.95 Å². The van der Waals surface area contributed by atoms with Gasteiger partial charge in [-0.3, -0.25) is 0 Å². The van der Waals surface area contributed by atoms with Gasteiger partial charge in [0.1, 0.15) is 0 Å². The molecule has 0 unspecified atom stereocenters. The zero-order valence-corrected chi connectivity index (χ0v) is 6.55. The molecule has 0 aliphatic heterocycles. The Balaban J connectivity index is 2.57. The number of anilines is 1. The van der Waals surface area contributed by atoms with E-state index in [0.29, 0.717) is 0 Å². The van der Waals surface area contributed by atoms with E-state index < -0.39 is 5.82 Å². The van der Waals surface area contributed by atoms with Gasteiger partial charge in [-0.1, -0.05) is 0 Å². The SMILES string of the molecule is Nc1ncc(F)c(-n2cccn2)n1. The second-order valence-corrected chi connectivity index (χ2v) is 2.35. The molecule has 0 saturated carbocycles. The van der Waals surface area contributed by atoms with Gasteiger partial charge in [-0.25, -0.2) is 14.1 Å². The molecule has 0 saturated heterocycles. The zero-order valence-electron chi connectivity index (χ0n) is 6.55. The quantitative estimate of drug-likeness (QED) is 0.687. The van der Waals surface area contributed by atoms with E-state index in [2.05, 4.69) is 15.1 Å². The maximum absolute atomic E-state index is 13.1. The van der Waals surface area contributed by atoms with Gasteiger partial charge in [0.05, 0.1) is 6.20 Å². The molecule has 13 heavy (non-hydrogen) atoms. The summed E-state index contributed by atoms with van der Waals surface area (Å²) < 4.78 is 14.4. The Morgan fingerprint density at radius 2 is 2.31 bits per heavy atom. The average Bonchev–Trinajstić information content (AvgIpc) is 2.61. The molecule has 0 aliphatic rings. The van der Waals surface area contributed by atoms with Crippen LogP contribution in [0.25, 0.3) is 5.82 Å². The third kappa shape index (κ3) is 1.33. The van der Waals surface area contributed by atoms with Crippen LogP contribution in [0.5, 0.6) is 0 Å². The van der Waals surface area contributed by atoms with Crippen LogP contribution in [-0.4, -0.2) is 19.7 Å². The Labute approximate surface area is 73.0 Å². The van der Waals surface area contributed by atoms with Crippen molar-refractivity contribution in [3.05, 3.63) is 30.5 Å². The van der Waals surface area contributed by atoms with Crippen LogP contribution in [0.4, 0.5) is 10.3 Å². The van der Waals surface area contributed by atoms with Gasteiger partial charge in [-0.15, -0.1) is 0 Å². The second kappa shape index (κ2) is 2.81. The first kappa shape index (κ1) is 7.66. The fourth-order valence-corrected chi connectivity index (χ4v) is 0.926. The Kier molecular flexibility index (Phi) is 1.66. The number of nitrogens with zero attached hydrogens (tertiary/aromatic N) is 4. The summed E-state index contributed by atoms with van der Waals surface area (Å²) in [7, 11) is 0. The van der Waals surface area contributed by atoms with Crippen LogP contribution in [0.2, 0.25) is 0 Å². The van der Waals surface area contributed by atoms with Gasteiger partial charge in [0.15, 0.2) is 11.6 Å². The number of nitrogen functional groups attached to an aromatic ring is 1.